The molecule has 0 radical (unpaired) electrons. The summed E-state index contributed by atoms with van der Waals surface area (Å²) >= 11 is 0. The topological polar surface area (TPSA) is 29.4 Å². The zero-order chi connectivity index (χ0) is 9.90. The molecule has 0 aliphatic rings. The molecule has 72 valence electrons. The monoisotopic (exact) mass is 208 g/mol. The fourth-order valence-electron chi connectivity index (χ4n) is 0.636. The molecule has 0 atom stereocenters. The molecule has 2 nitrogen and oxygen atoms in total. The van der Waals surface area contributed by atoms with Crippen molar-refractivity contribution in [2.45, 2.75) is 5.51 Å². The Hall–Kier alpha value is -1.04. The standard InChI is InChI=1S/C7H5F3NOS/c8-7(9,10)13(12)11-6-4-2-1-3-5-6/h1-5H/q-1. The Balaban J connectivity index is 2.97. The van der Waals surface area contributed by atoms with Crippen LogP contribution in [-0.2, 0) is 14.8 Å². The third kappa shape index (κ3) is 3.06. The van der Waals surface area contributed by atoms with E-state index in [1.807, 2.05) is 0 Å². The van der Waals surface area contributed by atoms with E-state index in [1.54, 1.807) is 6.07 Å². The molecule has 6 heteroatoms. The van der Waals surface area contributed by atoms with E-state index in [2.05, 4.69) is 4.36 Å². The number of nitrogens with zero attached hydrogens (tertiary/aromatic N) is 1. The molecule has 0 bridgehead atoms. The second-order valence-electron chi connectivity index (χ2n) is 2.12. The molecule has 0 aliphatic carbocycles. The van der Waals surface area contributed by atoms with Gasteiger partial charge in [-0.3, -0.25) is 0 Å². The van der Waals surface area contributed by atoms with Gasteiger partial charge in [-0.25, -0.2) is 0 Å². The first kappa shape index (κ1) is 10.0. The number of benzene rings is 1. The van der Waals surface area contributed by atoms with E-state index in [0.29, 0.717) is 0 Å². The molecule has 0 saturated heterocycles. The highest BCUT2D eigenvalue weighted by atomic mass is 32.2. The lowest BCUT2D eigenvalue weighted by molar-refractivity contribution is -0.0375. The smallest absolute Gasteiger partial charge is 0.357 e. The van der Waals surface area contributed by atoms with Gasteiger partial charge < -0.3 is 8.57 Å². The summed E-state index contributed by atoms with van der Waals surface area (Å²) in [6, 6.07) is 7.38. The van der Waals surface area contributed by atoms with Crippen molar-refractivity contribution in [3.05, 3.63) is 30.3 Å². The molecule has 1 aromatic rings. The Labute approximate surface area is 74.6 Å². The van der Waals surface area contributed by atoms with Crippen LogP contribution in [0.15, 0.2) is 34.7 Å². The third-order valence-electron chi connectivity index (χ3n) is 1.14. The van der Waals surface area contributed by atoms with Crippen LogP contribution in [0.2, 0.25) is 0 Å². The molecule has 0 N–H and O–H groups in total. The van der Waals surface area contributed by atoms with E-state index in [-0.39, 0.29) is 5.69 Å². The molecule has 0 aliphatic heterocycles. The van der Waals surface area contributed by atoms with Gasteiger partial charge in [0, 0.05) is 5.69 Å². The summed E-state index contributed by atoms with van der Waals surface area (Å²) in [6.45, 7) is 0. The minimum absolute atomic E-state index is 0.0539. The van der Waals surface area contributed by atoms with Gasteiger partial charge in [-0.2, -0.15) is 13.2 Å². The van der Waals surface area contributed by atoms with Crippen molar-refractivity contribution in [1.82, 2.24) is 0 Å². The van der Waals surface area contributed by atoms with Crippen LogP contribution in [0.5, 0.6) is 0 Å². The molecule has 13 heavy (non-hydrogen) atoms. The number of halogens is 3. The van der Waals surface area contributed by atoms with Crippen LogP contribution in [0.1, 0.15) is 0 Å². The van der Waals surface area contributed by atoms with Gasteiger partial charge in [0.2, 0.25) is 0 Å². The molecule has 0 unspecified atom stereocenters. The fourth-order valence-corrected chi connectivity index (χ4v) is 1.05. The van der Waals surface area contributed by atoms with Crippen molar-refractivity contribution < 1.29 is 17.4 Å². The third-order valence-corrected chi connectivity index (χ3v) is 1.92. The number of hydrogen-bond donors (Lipinski definition) is 0. The molecule has 0 fully saturated rings. The van der Waals surface area contributed by atoms with Crippen LogP contribution in [-0.4, -0.2) is 5.51 Å². The summed E-state index contributed by atoms with van der Waals surface area (Å²) in [6.07, 6.45) is 0. The maximum absolute atomic E-state index is 11.7. The van der Waals surface area contributed by atoms with Crippen LogP contribution in [0.25, 0.3) is 0 Å². The van der Waals surface area contributed by atoms with Gasteiger partial charge >= 0.3 is 5.51 Å². The highest BCUT2D eigenvalue weighted by Gasteiger charge is 2.18. The summed E-state index contributed by atoms with van der Waals surface area (Å²) in [5, 5.41) is 0. The molecule has 0 saturated carbocycles. The van der Waals surface area contributed by atoms with E-state index >= 15 is 0 Å². The predicted octanol–water partition coefficient (Wildman–Crippen LogP) is 2.99. The number of alkyl halides is 3. The summed E-state index contributed by atoms with van der Waals surface area (Å²) < 4.78 is 48.7. The summed E-state index contributed by atoms with van der Waals surface area (Å²) in [5.74, 6) is 0. The second kappa shape index (κ2) is 3.78. The zero-order valence-electron chi connectivity index (χ0n) is 6.28. The lowest BCUT2D eigenvalue weighted by atomic mass is 10.3. The van der Waals surface area contributed by atoms with Gasteiger partial charge in [-0.15, -0.1) is 0 Å². The van der Waals surface area contributed by atoms with E-state index in [0.717, 1.165) is 0 Å². The Morgan fingerprint density at radius 2 is 1.69 bits per heavy atom. The Morgan fingerprint density at radius 3 is 2.15 bits per heavy atom. The Kier molecular flexibility index (Phi) is 2.92. The highest BCUT2D eigenvalue weighted by Crippen LogP contribution is 2.20. The van der Waals surface area contributed by atoms with Crippen molar-refractivity contribution in [1.29, 1.82) is 0 Å². The van der Waals surface area contributed by atoms with Gasteiger partial charge in [-0.1, -0.05) is 28.8 Å². The SMILES string of the molecule is O=[S-](=Nc1ccccc1)C(F)(F)F. The van der Waals surface area contributed by atoms with Gasteiger partial charge in [-0.05, 0) is 12.1 Å². The van der Waals surface area contributed by atoms with Crippen LogP contribution in [0, 0.1) is 0 Å². The molecular weight excluding hydrogens is 203 g/mol. The molecule has 0 aromatic heterocycles. The first-order chi connectivity index (χ1) is 6.00. The van der Waals surface area contributed by atoms with Crippen molar-refractivity contribution in [3.8, 4) is 0 Å². The van der Waals surface area contributed by atoms with Crippen LogP contribution in [0.4, 0.5) is 18.9 Å². The summed E-state index contributed by atoms with van der Waals surface area (Å²) in [7, 11) is -3.16. The maximum Gasteiger partial charge on any atom is 0.357 e. The highest BCUT2D eigenvalue weighted by molar-refractivity contribution is 7.75. The largest absolute Gasteiger partial charge is 0.436 e. The molecule has 1 rings (SSSR count). The molecule has 0 heterocycles. The van der Waals surface area contributed by atoms with E-state index in [4.69, 9.17) is 0 Å². The average molecular weight is 208 g/mol. The van der Waals surface area contributed by atoms with E-state index < -0.39 is 16.1 Å². The Bertz CT molecular complexity index is 354. The van der Waals surface area contributed by atoms with Gasteiger partial charge in [0.15, 0.2) is 0 Å². The van der Waals surface area contributed by atoms with Crippen LogP contribution in [0.3, 0.4) is 0 Å². The van der Waals surface area contributed by atoms with Crippen molar-refractivity contribution in [3.63, 3.8) is 0 Å². The average Bonchev–Trinajstić information content (AvgIpc) is 2.04. The van der Waals surface area contributed by atoms with Gasteiger partial charge in [0.1, 0.15) is 0 Å². The number of rotatable bonds is 1. The van der Waals surface area contributed by atoms with Crippen molar-refractivity contribution in [2.75, 3.05) is 0 Å². The zero-order valence-corrected chi connectivity index (χ0v) is 7.10. The van der Waals surface area contributed by atoms with Crippen LogP contribution < -0.4 is 0 Å². The van der Waals surface area contributed by atoms with Crippen molar-refractivity contribution in [2.24, 2.45) is 4.36 Å². The van der Waals surface area contributed by atoms with Crippen LogP contribution >= 0.6 is 0 Å². The lowest BCUT2D eigenvalue weighted by Gasteiger charge is -2.08. The summed E-state index contributed by atoms with van der Waals surface area (Å²) in [4.78, 5) is 0. The lowest BCUT2D eigenvalue weighted by Crippen LogP contribution is -2.07. The second-order valence-corrected chi connectivity index (χ2v) is 3.27. The maximum atomic E-state index is 11.7. The fraction of sp³-hybridized carbons (Fsp3) is 0.143. The molecule has 1 aromatic carbocycles. The molecule has 0 amide bonds. The summed E-state index contributed by atoms with van der Waals surface area (Å²) in [5.41, 5.74) is -4.73. The quantitative estimate of drug-likeness (QED) is 0.652. The van der Waals surface area contributed by atoms with Gasteiger partial charge in [0.05, 0.1) is 0 Å². The Morgan fingerprint density at radius 1 is 1.15 bits per heavy atom. The predicted molar refractivity (Wildman–Crippen MR) is 42.6 cm³/mol. The normalized spacial score (nSPS) is 14.4. The molecular formula is C7H5F3NOS-. The number of hydrogen-bond acceptors (Lipinski definition) is 3. The van der Waals surface area contributed by atoms with E-state index in [1.165, 1.54) is 24.3 Å². The van der Waals surface area contributed by atoms with E-state index in [9.17, 15) is 17.4 Å². The minimum Gasteiger partial charge on any atom is -0.436 e. The first-order valence-corrected chi connectivity index (χ1v) is 4.36. The van der Waals surface area contributed by atoms with Gasteiger partial charge in [0.25, 0.3) is 0 Å². The van der Waals surface area contributed by atoms with Crippen molar-refractivity contribution >= 4 is 16.3 Å². The minimum atomic E-state index is -4.78. The molecule has 0 spiro atoms. The first-order valence-electron chi connectivity index (χ1n) is 3.25.